The van der Waals surface area contributed by atoms with E-state index in [1.54, 1.807) is 12.1 Å². The van der Waals surface area contributed by atoms with Crippen LogP contribution >= 0.6 is 0 Å². The normalized spacial score (nSPS) is 26.9. The fourth-order valence-corrected chi connectivity index (χ4v) is 5.85. The van der Waals surface area contributed by atoms with Gasteiger partial charge in [0.05, 0.1) is 11.6 Å². The SMILES string of the molecule is CC(=O)OC12c3ccccc3C(c3ccccc31)[C@@H]1C(=O)N(Nc3ccccc3)C(=O)[C@@H]12. The predicted molar refractivity (Wildman–Crippen MR) is 116 cm³/mol. The van der Waals surface area contributed by atoms with Gasteiger partial charge in [-0.25, -0.2) is 0 Å². The molecule has 1 heterocycles. The Morgan fingerprint density at radius 2 is 1.41 bits per heavy atom. The van der Waals surface area contributed by atoms with E-state index in [4.69, 9.17) is 4.74 Å². The molecule has 4 aliphatic rings. The summed E-state index contributed by atoms with van der Waals surface area (Å²) in [6.07, 6.45) is 0. The van der Waals surface area contributed by atoms with Crippen LogP contribution in [0.4, 0.5) is 5.69 Å². The molecule has 6 nitrogen and oxygen atoms in total. The van der Waals surface area contributed by atoms with Crippen LogP contribution in [0.25, 0.3) is 0 Å². The van der Waals surface area contributed by atoms with Crippen molar-refractivity contribution in [2.24, 2.45) is 11.8 Å². The molecule has 3 aromatic rings. The molecule has 7 rings (SSSR count). The lowest BCUT2D eigenvalue weighted by Gasteiger charge is -2.52. The van der Waals surface area contributed by atoms with Crippen LogP contribution in [-0.2, 0) is 24.7 Å². The first-order valence-corrected chi connectivity index (χ1v) is 10.6. The van der Waals surface area contributed by atoms with Crippen molar-refractivity contribution < 1.29 is 19.1 Å². The third kappa shape index (κ3) is 2.26. The average molecular weight is 424 g/mol. The molecule has 32 heavy (non-hydrogen) atoms. The number of carbonyl (C=O) groups excluding carboxylic acids is 3. The zero-order valence-corrected chi connectivity index (χ0v) is 17.3. The summed E-state index contributed by atoms with van der Waals surface area (Å²) >= 11 is 0. The number of nitrogens with one attached hydrogen (secondary N) is 1. The molecule has 0 aromatic heterocycles. The van der Waals surface area contributed by atoms with Gasteiger partial charge in [-0.1, -0.05) is 66.7 Å². The Balaban J connectivity index is 1.59. The summed E-state index contributed by atoms with van der Waals surface area (Å²) in [6, 6.07) is 24.4. The minimum absolute atomic E-state index is 0.288. The molecule has 1 aliphatic heterocycles. The molecule has 2 bridgehead atoms. The minimum Gasteiger partial charge on any atom is -0.448 e. The van der Waals surface area contributed by atoms with E-state index >= 15 is 0 Å². The van der Waals surface area contributed by atoms with Crippen LogP contribution in [0.15, 0.2) is 78.9 Å². The average Bonchev–Trinajstić information content (AvgIpc) is 3.06. The van der Waals surface area contributed by atoms with E-state index in [2.05, 4.69) is 5.43 Å². The van der Waals surface area contributed by atoms with Gasteiger partial charge in [-0.05, 0) is 23.3 Å². The van der Waals surface area contributed by atoms with Gasteiger partial charge in [-0.2, -0.15) is 5.01 Å². The highest BCUT2D eigenvalue weighted by Gasteiger charge is 2.70. The monoisotopic (exact) mass is 424 g/mol. The second kappa shape index (κ2) is 6.53. The fraction of sp³-hybridized carbons (Fsp3) is 0.192. The van der Waals surface area contributed by atoms with Gasteiger partial charge in [0.1, 0.15) is 5.92 Å². The molecule has 1 N–H and O–H groups in total. The number of anilines is 1. The number of para-hydroxylation sites is 1. The van der Waals surface area contributed by atoms with E-state index in [0.29, 0.717) is 5.69 Å². The zero-order valence-electron chi connectivity index (χ0n) is 17.3. The lowest BCUT2D eigenvalue weighted by Crippen LogP contribution is -2.55. The number of rotatable bonds is 3. The van der Waals surface area contributed by atoms with Gasteiger partial charge in [-0.15, -0.1) is 0 Å². The fourth-order valence-electron chi connectivity index (χ4n) is 5.85. The Labute approximate surface area is 184 Å². The van der Waals surface area contributed by atoms with Crippen molar-refractivity contribution in [1.29, 1.82) is 0 Å². The summed E-state index contributed by atoms with van der Waals surface area (Å²) in [5.74, 6) is -2.99. The van der Waals surface area contributed by atoms with Crippen molar-refractivity contribution >= 4 is 23.5 Å². The quantitative estimate of drug-likeness (QED) is 0.514. The molecule has 0 saturated carbocycles. The van der Waals surface area contributed by atoms with Gasteiger partial charge < -0.3 is 4.74 Å². The smallest absolute Gasteiger partial charge is 0.303 e. The van der Waals surface area contributed by atoms with E-state index in [9.17, 15) is 14.4 Å². The van der Waals surface area contributed by atoms with Gasteiger partial charge in [0.15, 0.2) is 5.60 Å². The van der Waals surface area contributed by atoms with Crippen LogP contribution < -0.4 is 5.43 Å². The minimum atomic E-state index is -1.35. The second-order valence-electron chi connectivity index (χ2n) is 8.47. The summed E-state index contributed by atoms with van der Waals surface area (Å²) < 4.78 is 6.08. The maximum Gasteiger partial charge on any atom is 0.303 e. The number of ether oxygens (including phenoxy) is 1. The van der Waals surface area contributed by atoms with Gasteiger partial charge >= 0.3 is 5.97 Å². The van der Waals surface area contributed by atoms with Crippen LogP contribution in [0.5, 0.6) is 0 Å². The molecular formula is C26H20N2O4. The number of esters is 1. The predicted octanol–water partition coefficient (Wildman–Crippen LogP) is 3.58. The molecule has 0 spiro atoms. The van der Waals surface area contributed by atoms with Crippen molar-refractivity contribution in [1.82, 2.24) is 5.01 Å². The molecule has 1 fully saturated rings. The number of hydrazine groups is 1. The van der Waals surface area contributed by atoms with E-state index in [-0.39, 0.29) is 17.7 Å². The van der Waals surface area contributed by atoms with Crippen LogP contribution in [0, 0.1) is 11.8 Å². The number of hydrogen-bond acceptors (Lipinski definition) is 5. The van der Waals surface area contributed by atoms with Gasteiger partial charge in [-0.3, -0.25) is 19.8 Å². The molecule has 0 radical (unpaired) electrons. The van der Waals surface area contributed by atoms with E-state index in [0.717, 1.165) is 27.3 Å². The Bertz CT molecular complexity index is 1240. The Morgan fingerprint density at radius 1 is 0.844 bits per heavy atom. The summed E-state index contributed by atoms with van der Waals surface area (Å²) in [6.45, 7) is 1.34. The number of benzene rings is 3. The molecule has 2 amide bonds. The molecule has 6 heteroatoms. The third-order valence-corrected chi connectivity index (χ3v) is 6.86. The van der Waals surface area contributed by atoms with Gasteiger partial charge in [0.25, 0.3) is 11.8 Å². The maximum atomic E-state index is 13.8. The third-order valence-electron chi connectivity index (χ3n) is 6.86. The van der Waals surface area contributed by atoms with E-state index < -0.39 is 23.4 Å². The lowest BCUT2D eigenvalue weighted by atomic mass is 9.52. The zero-order chi connectivity index (χ0) is 22.0. The lowest BCUT2D eigenvalue weighted by molar-refractivity contribution is -0.167. The van der Waals surface area contributed by atoms with E-state index in [1.165, 1.54) is 6.92 Å². The molecule has 2 atom stereocenters. The van der Waals surface area contributed by atoms with Crippen LogP contribution in [0.1, 0.15) is 35.1 Å². The van der Waals surface area contributed by atoms with Crippen molar-refractivity contribution in [3.63, 3.8) is 0 Å². The van der Waals surface area contributed by atoms with Crippen molar-refractivity contribution in [2.75, 3.05) is 5.43 Å². The van der Waals surface area contributed by atoms with Crippen molar-refractivity contribution in [3.8, 4) is 0 Å². The summed E-state index contributed by atoms with van der Waals surface area (Å²) in [7, 11) is 0. The van der Waals surface area contributed by atoms with Gasteiger partial charge in [0, 0.05) is 24.0 Å². The highest BCUT2D eigenvalue weighted by molar-refractivity contribution is 6.09. The molecular weight excluding hydrogens is 404 g/mol. The van der Waals surface area contributed by atoms with Crippen molar-refractivity contribution in [2.45, 2.75) is 18.4 Å². The first-order valence-electron chi connectivity index (χ1n) is 10.6. The Morgan fingerprint density at radius 3 is 2.00 bits per heavy atom. The number of amides is 2. The van der Waals surface area contributed by atoms with Crippen LogP contribution in [0.3, 0.4) is 0 Å². The molecule has 3 aliphatic carbocycles. The number of carbonyl (C=O) groups is 3. The largest absolute Gasteiger partial charge is 0.448 e. The van der Waals surface area contributed by atoms with E-state index in [1.807, 2.05) is 66.7 Å². The Hall–Kier alpha value is -3.93. The standard InChI is InChI=1S/C26H20N2O4/c1-15(29)32-26-19-13-7-5-11-17(19)21(18-12-6-8-14-20(18)26)22-23(26)25(31)28(24(22)30)27-16-9-3-2-4-10-16/h2-14,21-23,27H,1H3/t21?,22-,23+,26?/m0/s1. The van der Waals surface area contributed by atoms with Crippen molar-refractivity contribution in [3.05, 3.63) is 101 Å². The highest BCUT2D eigenvalue weighted by Crippen LogP contribution is 2.64. The van der Waals surface area contributed by atoms with Crippen LogP contribution in [0.2, 0.25) is 0 Å². The summed E-state index contributed by atoms with van der Waals surface area (Å²) in [4.78, 5) is 39.9. The first-order chi connectivity index (χ1) is 15.5. The number of imide groups is 1. The first kappa shape index (κ1) is 18.8. The summed E-state index contributed by atoms with van der Waals surface area (Å²) in [5.41, 5.74) is 5.69. The van der Waals surface area contributed by atoms with Gasteiger partial charge in [0.2, 0.25) is 0 Å². The Kier molecular flexibility index (Phi) is 3.84. The second-order valence-corrected chi connectivity index (χ2v) is 8.47. The summed E-state index contributed by atoms with van der Waals surface area (Å²) in [5, 5.41) is 1.10. The molecule has 1 saturated heterocycles. The molecule has 3 aromatic carbocycles. The van der Waals surface area contributed by atoms with Crippen LogP contribution in [-0.4, -0.2) is 22.8 Å². The number of hydrogen-bond donors (Lipinski definition) is 1. The highest BCUT2D eigenvalue weighted by atomic mass is 16.6. The molecule has 0 unspecified atom stereocenters. The topological polar surface area (TPSA) is 75.7 Å². The number of nitrogens with zero attached hydrogens (tertiary/aromatic N) is 1. The molecule has 158 valence electrons. The maximum absolute atomic E-state index is 13.8.